The molecule has 1 aromatic carbocycles. The van der Waals surface area contributed by atoms with Crippen molar-refractivity contribution in [3.05, 3.63) is 29.8 Å². The Morgan fingerprint density at radius 3 is 2.95 bits per heavy atom. The predicted octanol–water partition coefficient (Wildman–Crippen LogP) is 0.111. The summed E-state index contributed by atoms with van der Waals surface area (Å²) >= 11 is 0. The monoisotopic (exact) mass is 292 g/mol. The molecule has 7 heteroatoms. The van der Waals surface area contributed by atoms with Crippen molar-refractivity contribution in [1.82, 2.24) is 4.90 Å². The van der Waals surface area contributed by atoms with Crippen molar-refractivity contribution in [1.29, 1.82) is 0 Å². The average Bonchev–Trinajstić information content (AvgIpc) is 2.68. The van der Waals surface area contributed by atoms with E-state index in [2.05, 4.69) is 14.9 Å². The van der Waals surface area contributed by atoms with Crippen molar-refractivity contribution in [3.8, 4) is 0 Å². The molecule has 3 rings (SSSR count). The van der Waals surface area contributed by atoms with E-state index >= 15 is 0 Å². The summed E-state index contributed by atoms with van der Waals surface area (Å²) in [5.74, 6) is 0.407. The fourth-order valence-electron chi connectivity index (χ4n) is 2.34. The minimum Gasteiger partial charge on any atom is -0.383 e. The summed E-state index contributed by atoms with van der Waals surface area (Å²) in [6.07, 6.45) is 1.68. The molecule has 0 amide bonds. The highest BCUT2D eigenvalue weighted by Crippen LogP contribution is 2.20. The van der Waals surface area contributed by atoms with Gasteiger partial charge in [-0.2, -0.15) is 0 Å². The third-order valence-corrected chi connectivity index (χ3v) is 3.60. The minimum absolute atomic E-state index is 0.229. The van der Waals surface area contributed by atoms with Gasteiger partial charge in [-0.3, -0.25) is 0 Å². The van der Waals surface area contributed by atoms with Crippen LogP contribution >= 0.6 is 8.69 Å². The molecule has 2 aliphatic heterocycles. The zero-order valence-corrected chi connectivity index (χ0v) is 11.8. The Kier molecular flexibility index (Phi) is 4.16. The Morgan fingerprint density at radius 2 is 2.15 bits per heavy atom. The largest absolute Gasteiger partial charge is 0.397 e. The van der Waals surface area contributed by atoms with E-state index in [0.717, 1.165) is 24.3 Å². The highest BCUT2D eigenvalue weighted by Gasteiger charge is 2.33. The van der Waals surface area contributed by atoms with Gasteiger partial charge < -0.3 is 9.26 Å². The summed E-state index contributed by atoms with van der Waals surface area (Å²) in [6, 6.07) is 7.74. The van der Waals surface area contributed by atoms with Crippen LogP contribution in [-0.4, -0.2) is 49.5 Å². The number of nitrogens with one attached hydrogen (secondary N) is 1. The molecule has 0 bridgehead atoms. The van der Waals surface area contributed by atoms with Gasteiger partial charge in [0.15, 0.2) is 6.21 Å². The van der Waals surface area contributed by atoms with Crippen molar-refractivity contribution in [2.45, 2.75) is 6.17 Å². The van der Waals surface area contributed by atoms with E-state index in [1.807, 2.05) is 30.5 Å². The van der Waals surface area contributed by atoms with Crippen molar-refractivity contribution >= 4 is 26.5 Å². The molecule has 0 aliphatic carbocycles. The van der Waals surface area contributed by atoms with Crippen LogP contribution in [0.4, 0.5) is 5.69 Å². The molecule has 1 saturated heterocycles. The lowest BCUT2D eigenvalue weighted by molar-refractivity contribution is -0.509. The number of aliphatic imine (C=N–C) groups is 1. The van der Waals surface area contributed by atoms with Gasteiger partial charge in [-0.15, -0.1) is 0 Å². The third kappa shape index (κ3) is 2.77. The third-order valence-electron chi connectivity index (χ3n) is 3.34. The van der Waals surface area contributed by atoms with E-state index in [-0.39, 0.29) is 6.17 Å². The van der Waals surface area contributed by atoms with Gasteiger partial charge in [0, 0.05) is 13.1 Å². The number of hydrogen-bond donors (Lipinski definition) is 1. The average molecular weight is 292 g/mol. The van der Waals surface area contributed by atoms with Crippen LogP contribution < -0.4 is 4.99 Å². The minimum atomic E-state index is -0.401. The smallest absolute Gasteiger partial charge is 0.383 e. The van der Waals surface area contributed by atoms with Gasteiger partial charge in [-0.05, 0) is 12.1 Å². The van der Waals surface area contributed by atoms with Crippen LogP contribution in [0.5, 0.6) is 0 Å². The van der Waals surface area contributed by atoms with Crippen molar-refractivity contribution in [3.63, 3.8) is 0 Å². The molecule has 0 aromatic heterocycles. The number of rotatable bonds is 2. The molecule has 0 radical (unpaired) electrons. The van der Waals surface area contributed by atoms with Gasteiger partial charge in [0.1, 0.15) is 0 Å². The lowest BCUT2D eigenvalue weighted by Crippen LogP contribution is -2.84. The molecule has 1 aromatic rings. The van der Waals surface area contributed by atoms with E-state index in [0.29, 0.717) is 19.1 Å². The number of morpholine rings is 1. The maximum Gasteiger partial charge on any atom is 0.397 e. The first kappa shape index (κ1) is 13.4. The van der Waals surface area contributed by atoms with Crippen LogP contribution in [0.2, 0.25) is 0 Å². The molecule has 0 saturated carbocycles. The fourth-order valence-corrected chi connectivity index (χ4v) is 2.55. The highest BCUT2D eigenvalue weighted by molar-refractivity contribution is 7.18. The zero-order valence-electron chi connectivity index (χ0n) is 10.9. The van der Waals surface area contributed by atoms with Gasteiger partial charge in [0.25, 0.3) is 12.1 Å². The Hall–Kier alpha value is -1.62. The Labute approximate surface area is 118 Å². The number of para-hydroxylation sites is 1. The van der Waals surface area contributed by atoms with E-state index in [1.54, 1.807) is 0 Å². The number of ether oxygens (including phenoxy) is 1. The van der Waals surface area contributed by atoms with Crippen molar-refractivity contribution < 1.29 is 18.8 Å². The maximum absolute atomic E-state index is 10.8. The van der Waals surface area contributed by atoms with Crippen molar-refractivity contribution in [2.75, 3.05) is 26.3 Å². The van der Waals surface area contributed by atoms with Crippen LogP contribution in [0.3, 0.4) is 0 Å². The van der Waals surface area contributed by atoms with Crippen LogP contribution in [0.25, 0.3) is 0 Å². The summed E-state index contributed by atoms with van der Waals surface area (Å²) in [4.78, 5) is 9.95. The van der Waals surface area contributed by atoms with Gasteiger partial charge >= 0.3 is 8.69 Å². The van der Waals surface area contributed by atoms with Gasteiger partial charge in [0.2, 0.25) is 0 Å². The molecule has 2 heterocycles. The van der Waals surface area contributed by atoms with Gasteiger partial charge in [-0.1, -0.05) is 12.1 Å². The first-order valence-electron chi connectivity index (χ1n) is 6.47. The number of nitrogens with zero attached hydrogens (tertiary/aromatic N) is 2. The topological polar surface area (TPSA) is 65.1 Å². The highest BCUT2D eigenvalue weighted by atomic mass is 31.1. The summed E-state index contributed by atoms with van der Waals surface area (Å²) in [5.41, 5.74) is 1.78. The molecule has 1 atom stereocenters. The number of fused-ring (bicyclic) bond motifs is 1. The lowest BCUT2D eigenvalue weighted by atomic mass is 10.2. The summed E-state index contributed by atoms with van der Waals surface area (Å²) in [7, 11) is -0.401. The van der Waals surface area contributed by atoms with E-state index in [4.69, 9.17) is 9.26 Å². The molecule has 104 valence electrons. The second kappa shape index (κ2) is 6.22. The van der Waals surface area contributed by atoms with Gasteiger partial charge in [-0.25, -0.2) is 19.4 Å². The summed E-state index contributed by atoms with van der Waals surface area (Å²) in [5, 5.41) is 0. The first-order chi connectivity index (χ1) is 9.88. The van der Waals surface area contributed by atoms with Crippen LogP contribution in [0.1, 0.15) is 5.56 Å². The van der Waals surface area contributed by atoms with Crippen LogP contribution in [-0.2, 0) is 13.8 Å². The molecule has 20 heavy (non-hydrogen) atoms. The Bertz CT molecular complexity index is 556. The maximum atomic E-state index is 10.8. The quantitative estimate of drug-likeness (QED) is 0.786. The van der Waals surface area contributed by atoms with Crippen LogP contribution in [0.15, 0.2) is 29.3 Å². The number of benzene rings is 1. The molecule has 1 N–H and O–H groups in total. The molecule has 6 nitrogen and oxygen atoms in total. The molecular weight excluding hydrogens is 277 g/mol. The second-order valence-electron chi connectivity index (χ2n) is 4.54. The van der Waals surface area contributed by atoms with E-state index < -0.39 is 8.69 Å². The summed E-state index contributed by atoms with van der Waals surface area (Å²) < 4.78 is 21.4. The second-order valence-corrected chi connectivity index (χ2v) is 4.87. The molecule has 1 fully saturated rings. The molecule has 2 aliphatic rings. The van der Waals surface area contributed by atoms with Crippen molar-refractivity contribution in [2.24, 2.45) is 4.99 Å². The molecule has 0 spiro atoms. The first-order valence-corrected chi connectivity index (χ1v) is 7.20. The summed E-state index contributed by atoms with van der Waals surface area (Å²) in [6.45, 7) is 2.90. The normalized spacial score (nSPS) is 23.0. The lowest BCUT2D eigenvalue weighted by Gasteiger charge is -2.27. The standard InChI is InChI=1S/C13H14N3O3P/c17-20-19-13-12(16-5-7-18-8-6-16)14-9-10-3-1-2-4-11(10)15-13/h1-4,9,12H,5-8H2/p+1. The Balaban J connectivity index is 1.95. The molecular formula is C13H15N3O3P+. The zero-order chi connectivity index (χ0) is 13.8. The predicted molar refractivity (Wildman–Crippen MR) is 74.5 cm³/mol. The SMILES string of the molecule is O=POC1=Nc2ccccc2C=[NH+]C1N1CCOCC1. The van der Waals surface area contributed by atoms with Crippen LogP contribution in [0, 0.1) is 0 Å². The molecule has 1 unspecified atom stereocenters. The van der Waals surface area contributed by atoms with E-state index in [1.165, 1.54) is 0 Å². The van der Waals surface area contributed by atoms with E-state index in [9.17, 15) is 4.57 Å². The Morgan fingerprint density at radius 1 is 1.35 bits per heavy atom. The fraction of sp³-hybridized carbons (Fsp3) is 0.385. The number of hydrogen-bond acceptors (Lipinski definition) is 5. The van der Waals surface area contributed by atoms with Gasteiger partial charge in [0.05, 0.1) is 24.5 Å².